The van der Waals surface area contributed by atoms with E-state index in [4.69, 9.17) is 10.6 Å². The molecule has 142 valence electrons. The Labute approximate surface area is 158 Å². The summed E-state index contributed by atoms with van der Waals surface area (Å²) in [6, 6.07) is 17.6. The molecule has 0 atom stereocenters. The van der Waals surface area contributed by atoms with Crippen LogP contribution in [0.15, 0.2) is 54.6 Å². The van der Waals surface area contributed by atoms with Crippen molar-refractivity contribution >= 4 is 17.5 Å². The molecule has 2 aromatic carbocycles. The number of para-hydroxylation sites is 1. The predicted octanol–water partition coefficient (Wildman–Crippen LogP) is 1.90. The molecule has 1 heterocycles. The SMILES string of the molecule is NNC(=O)CCC(=O)N1CCN(c2ccc(Oc3ccccc3)cc2)CC1. The highest BCUT2D eigenvalue weighted by Crippen LogP contribution is 2.25. The molecule has 0 aromatic heterocycles. The van der Waals surface area contributed by atoms with Crippen LogP contribution in [-0.4, -0.2) is 42.9 Å². The van der Waals surface area contributed by atoms with E-state index >= 15 is 0 Å². The maximum absolute atomic E-state index is 12.1. The summed E-state index contributed by atoms with van der Waals surface area (Å²) in [5.41, 5.74) is 3.15. The maximum atomic E-state index is 12.1. The van der Waals surface area contributed by atoms with Crippen molar-refractivity contribution in [3.63, 3.8) is 0 Å². The fraction of sp³-hybridized carbons (Fsp3) is 0.300. The summed E-state index contributed by atoms with van der Waals surface area (Å²) in [4.78, 5) is 27.3. The normalized spacial score (nSPS) is 14.0. The first-order valence-electron chi connectivity index (χ1n) is 9.01. The number of carbonyl (C=O) groups is 2. The van der Waals surface area contributed by atoms with Gasteiger partial charge in [-0.2, -0.15) is 0 Å². The first kappa shape index (κ1) is 18.7. The Balaban J connectivity index is 1.49. The van der Waals surface area contributed by atoms with E-state index in [-0.39, 0.29) is 24.7 Å². The third kappa shape index (κ3) is 5.21. The van der Waals surface area contributed by atoms with Crippen molar-refractivity contribution in [1.82, 2.24) is 10.3 Å². The molecule has 27 heavy (non-hydrogen) atoms. The van der Waals surface area contributed by atoms with E-state index in [9.17, 15) is 9.59 Å². The molecule has 1 aliphatic rings. The number of benzene rings is 2. The lowest BCUT2D eigenvalue weighted by molar-refractivity contribution is -0.133. The Hall–Kier alpha value is -3.06. The summed E-state index contributed by atoms with van der Waals surface area (Å²) in [6.45, 7) is 2.80. The molecule has 2 amide bonds. The van der Waals surface area contributed by atoms with Crippen LogP contribution >= 0.6 is 0 Å². The van der Waals surface area contributed by atoms with Crippen molar-refractivity contribution in [2.45, 2.75) is 12.8 Å². The second kappa shape index (κ2) is 9.05. The van der Waals surface area contributed by atoms with Gasteiger partial charge < -0.3 is 14.5 Å². The van der Waals surface area contributed by atoms with Gasteiger partial charge in [0, 0.05) is 44.7 Å². The van der Waals surface area contributed by atoms with Crippen LogP contribution in [0.2, 0.25) is 0 Å². The first-order valence-corrected chi connectivity index (χ1v) is 9.01. The van der Waals surface area contributed by atoms with Gasteiger partial charge in [-0.1, -0.05) is 18.2 Å². The minimum Gasteiger partial charge on any atom is -0.457 e. The van der Waals surface area contributed by atoms with E-state index in [0.717, 1.165) is 30.3 Å². The van der Waals surface area contributed by atoms with Crippen LogP contribution in [0.25, 0.3) is 0 Å². The number of anilines is 1. The van der Waals surface area contributed by atoms with Gasteiger partial charge in [-0.15, -0.1) is 0 Å². The number of carbonyl (C=O) groups excluding carboxylic acids is 2. The van der Waals surface area contributed by atoms with Gasteiger partial charge in [0.15, 0.2) is 0 Å². The summed E-state index contributed by atoms with van der Waals surface area (Å²) in [7, 11) is 0. The number of nitrogens with one attached hydrogen (secondary N) is 1. The first-order chi connectivity index (χ1) is 13.2. The number of amides is 2. The monoisotopic (exact) mass is 368 g/mol. The molecule has 7 nitrogen and oxygen atoms in total. The van der Waals surface area contributed by atoms with Crippen molar-refractivity contribution in [2.24, 2.45) is 5.84 Å². The zero-order valence-corrected chi connectivity index (χ0v) is 15.1. The van der Waals surface area contributed by atoms with E-state index < -0.39 is 0 Å². The predicted molar refractivity (Wildman–Crippen MR) is 103 cm³/mol. The lowest BCUT2D eigenvalue weighted by atomic mass is 10.2. The molecular weight excluding hydrogens is 344 g/mol. The van der Waals surface area contributed by atoms with Crippen molar-refractivity contribution in [2.75, 3.05) is 31.1 Å². The standard InChI is InChI=1S/C20H24N4O3/c21-22-19(25)10-11-20(26)24-14-12-23(13-15-24)16-6-8-18(9-7-16)27-17-4-2-1-3-5-17/h1-9H,10-15,21H2,(H,22,25). The number of piperazine rings is 1. The molecule has 2 aromatic rings. The average molecular weight is 368 g/mol. The van der Waals surface area contributed by atoms with E-state index in [1.54, 1.807) is 4.90 Å². The van der Waals surface area contributed by atoms with Crippen LogP contribution in [0.4, 0.5) is 5.69 Å². The minimum absolute atomic E-state index is 0.00939. The smallest absolute Gasteiger partial charge is 0.234 e. The molecule has 7 heteroatoms. The largest absolute Gasteiger partial charge is 0.457 e. The van der Waals surface area contributed by atoms with Crippen LogP contribution < -0.4 is 20.9 Å². The maximum Gasteiger partial charge on any atom is 0.234 e. The molecule has 0 aliphatic carbocycles. The Bertz CT molecular complexity index is 757. The van der Waals surface area contributed by atoms with Crippen molar-refractivity contribution < 1.29 is 14.3 Å². The molecule has 0 radical (unpaired) electrons. The zero-order valence-electron chi connectivity index (χ0n) is 15.1. The topological polar surface area (TPSA) is 87.9 Å². The van der Waals surface area contributed by atoms with Gasteiger partial charge in [-0.25, -0.2) is 5.84 Å². The van der Waals surface area contributed by atoms with Gasteiger partial charge in [0.2, 0.25) is 11.8 Å². The number of hydrogen-bond donors (Lipinski definition) is 2. The Kier molecular flexibility index (Phi) is 6.27. The zero-order chi connectivity index (χ0) is 19.1. The molecule has 1 aliphatic heterocycles. The molecule has 0 unspecified atom stereocenters. The minimum atomic E-state index is -0.320. The van der Waals surface area contributed by atoms with Crippen molar-refractivity contribution in [3.05, 3.63) is 54.6 Å². The fourth-order valence-electron chi connectivity index (χ4n) is 3.01. The number of hydrazine groups is 1. The fourth-order valence-corrected chi connectivity index (χ4v) is 3.01. The van der Waals surface area contributed by atoms with E-state index in [2.05, 4.69) is 4.90 Å². The summed E-state index contributed by atoms with van der Waals surface area (Å²) < 4.78 is 5.81. The van der Waals surface area contributed by atoms with Gasteiger partial charge in [0.1, 0.15) is 11.5 Å². The second-order valence-corrected chi connectivity index (χ2v) is 6.34. The lowest BCUT2D eigenvalue weighted by Crippen LogP contribution is -2.49. The number of ether oxygens (including phenoxy) is 1. The van der Waals surface area contributed by atoms with Crippen LogP contribution in [0.1, 0.15) is 12.8 Å². The van der Waals surface area contributed by atoms with Gasteiger partial charge in [0.05, 0.1) is 0 Å². The molecule has 0 spiro atoms. The van der Waals surface area contributed by atoms with E-state index in [1.807, 2.05) is 60.0 Å². The van der Waals surface area contributed by atoms with E-state index in [0.29, 0.717) is 13.1 Å². The van der Waals surface area contributed by atoms with Crippen LogP contribution in [-0.2, 0) is 9.59 Å². The van der Waals surface area contributed by atoms with Crippen molar-refractivity contribution in [3.8, 4) is 11.5 Å². The third-order valence-electron chi connectivity index (χ3n) is 4.54. The van der Waals surface area contributed by atoms with Gasteiger partial charge in [0.25, 0.3) is 0 Å². The highest BCUT2D eigenvalue weighted by Gasteiger charge is 2.21. The number of rotatable bonds is 6. The number of hydrogen-bond acceptors (Lipinski definition) is 5. The molecule has 3 rings (SSSR count). The summed E-state index contributed by atoms with van der Waals surface area (Å²) in [5.74, 6) is 6.30. The Morgan fingerprint density at radius 3 is 2.15 bits per heavy atom. The van der Waals surface area contributed by atoms with Gasteiger partial charge >= 0.3 is 0 Å². The Morgan fingerprint density at radius 1 is 0.889 bits per heavy atom. The summed E-state index contributed by atoms with van der Waals surface area (Å²) in [6.07, 6.45) is 0.312. The van der Waals surface area contributed by atoms with Gasteiger partial charge in [-0.3, -0.25) is 15.0 Å². The van der Waals surface area contributed by atoms with Crippen LogP contribution in [0.5, 0.6) is 11.5 Å². The Morgan fingerprint density at radius 2 is 1.52 bits per heavy atom. The van der Waals surface area contributed by atoms with Crippen LogP contribution in [0.3, 0.4) is 0 Å². The van der Waals surface area contributed by atoms with Gasteiger partial charge in [-0.05, 0) is 36.4 Å². The molecule has 1 fully saturated rings. The summed E-state index contributed by atoms with van der Waals surface area (Å²) in [5, 5.41) is 0. The van der Waals surface area contributed by atoms with E-state index in [1.165, 1.54) is 0 Å². The lowest BCUT2D eigenvalue weighted by Gasteiger charge is -2.36. The van der Waals surface area contributed by atoms with Crippen LogP contribution in [0, 0.1) is 0 Å². The molecule has 0 bridgehead atoms. The average Bonchev–Trinajstić information content (AvgIpc) is 2.73. The highest BCUT2D eigenvalue weighted by molar-refractivity contribution is 5.83. The third-order valence-corrected chi connectivity index (χ3v) is 4.54. The second-order valence-electron chi connectivity index (χ2n) is 6.34. The van der Waals surface area contributed by atoms with Crippen molar-refractivity contribution in [1.29, 1.82) is 0 Å². The number of nitrogens with two attached hydrogens (primary N) is 1. The number of nitrogens with zero attached hydrogens (tertiary/aromatic N) is 2. The quantitative estimate of drug-likeness (QED) is 0.462. The molecule has 1 saturated heterocycles. The summed E-state index contributed by atoms with van der Waals surface area (Å²) >= 11 is 0. The molecule has 3 N–H and O–H groups in total. The highest BCUT2D eigenvalue weighted by atomic mass is 16.5. The molecule has 0 saturated carbocycles. The molecular formula is C20H24N4O3.